The van der Waals surface area contributed by atoms with Crippen LogP contribution >= 0.6 is 0 Å². The van der Waals surface area contributed by atoms with Gasteiger partial charge in [-0.2, -0.15) is 18.2 Å². The lowest BCUT2D eigenvalue weighted by molar-refractivity contribution is -0.194. The second-order valence-corrected chi connectivity index (χ2v) is 15.8. The van der Waals surface area contributed by atoms with Crippen LogP contribution in [0.3, 0.4) is 0 Å². The first-order valence-corrected chi connectivity index (χ1v) is 17.4. The lowest BCUT2D eigenvalue weighted by Crippen LogP contribution is -2.63. The first kappa shape index (κ1) is 31.9. The van der Waals surface area contributed by atoms with Crippen LogP contribution in [0.2, 0.25) is 0 Å². The Morgan fingerprint density at radius 1 is 1.02 bits per heavy atom. The van der Waals surface area contributed by atoms with Crippen molar-refractivity contribution >= 4 is 21.9 Å². The first-order valence-electron chi connectivity index (χ1n) is 16.0. The van der Waals surface area contributed by atoms with Gasteiger partial charge in [-0.25, -0.2) is 18.1 Å². The van der Waals surface area contributed by atoms with E-state index in [2.05, 4.69) is 14.7 Å². The molecule has 0 unspecified atom stereocenters. The third kappa shape index (κ3) is 5.54. The van der Waals surface area contributed by atoms with Gasteiger partial charge in [-0.3, -0.25) is 4.79 Å². The van der Waals surface area contributed by atoms with Gasteiger partial charge in [0.05, 0.1) is 22.0 Å². The maximum absolute atomic E-state index is 14.5. The SMILES string of the molecule is Cc1cccc(C)c1-c1nc2nc(c1C)OC[C@@H](CC1(C(F)(F)F)CC1)N(C1CC3(CC(N)C3)C1)C(=O)c1cccc(c1)S(=O)(=O)N2. The molecule has 3 fully saturated rings. The highest BCUT2D eigenvalue weighted by atomic mass is 32.2. The lowest BCUT2D eigenvalue weighted by atomic mass is 9.52. The van der Waals surface area contributed by atoms with Crippen LogP contribution in [-0.4, -0.2) is 60.1 Å². The number of halogens is 3. The molecule has 1 amide bonds. The van der Waals surface area contributed by atoms with Crippen LogP contribution in [0.15, 0.2) is 47.4 Å². The van der Waals surface area contributed by atoms with E-state index in [4.69, 9.17) is 10.5 Å². The van der Waals surface area contributed by atoms with Crippen LogP contribution in [0.4, 0.5) is 19.1 Å². The molecule has 47 heavy (non-hydrogen) atoms. The van der Waals surface area contributed by atoms with Crippen LogP contribution < -0.4 is 15.2 Å². The molecular formula is C34H38F3N5O4S. The zero-order chi connectivity index (χ0) is 33.5. The lowest BCUT2D eigenvalue weighted by Gasteiger charge is -2.60. The van der Waals surface area contributed by atoms with E-state index in [0.29, 0.717) is 24.1 Å². The number of ether oxygens (including phenoxy) is 1. The Morgan fingerprint density at radius 3 is 2.30 bits per heavy atom. The standard InChI is InChI=1S/C34H38F3N5O4S/c1-19-6-4-7-20(2)27(19)28-21(3)29-40-31(39-28)41-47(44,45)26-9-5-8-22(12-26)30(43)42(24-15-32(16-24)13-23(38)14-32)25(18-46-29)17-33(10-11-33)34(35,36)37/h4-9,12,23-25H,10-11,13-18,38H2,1-3H3,(H,39,40,41)/t23?,24?,25-,32?/m1/s1. The fourth-order valence-electron chi connectivity index (χ4n) is 8.01. The van der Waals surface area contributed by atoms with Crippen LogP contribution in [0.25, 0.3) is 11.3 Å². The summed E-state index contributed by atoms with van der Waals surface area (Å²) in [4.78, 5) is 24.8. The molecule has 3 aromatic rings. The molecule has 3 aliphatic carbocycles. The molecule has 4 aliphatic rings. The summed E-state index contributed by atoms with van der Waals surface area (Å²) in [5.41, 5.74) is 7.71. The van der Waals surface area contributed by atoms with E-state index in [1.165, 1.54) is 24.3 Å². The number of benzene rings is 2. The number of fused-ring (bicyclic) bond motifs is 4. The van der Waals surface area contributed by atoms with E-state index in [9.17, 15) is 26.4 Å². The summed E-state index contributed by atoms with van der Waals surface area (Å²) in [6.07, 6.45) is -1.97. The topological polar surface area (TPSA) is 128 Å². The number of nitrogens with one attached hydrogen (secondary N) is 1. The molecule has 250 valence electrons. The number of hydrogen-bond donors (Lipinski definition) is 2. The Balaban J connectivity index is 1.37. The van der Waals surface area contributed by atoms with Crippen LogP contribution in [0.5, 0.6) is 5.88 Å². The molecule has 1 spiro atoms. The van der Waals surface area contributed by atoms with Crippen molar-refractivity contribution in [2.75, 3.05) is 11.3 Å². The number of aryl methyl sites for hydroxylation is 2. The van der Waals surface area contributed by atoms with E-state index in [0.717, 1.165) is 29.5 Å². The fourth-order valence-corrected chi connectivity index (χ4v) is 9.00. The number of rotatable bonds is 4. The van der Waals surface area contributed by atoms with Gasteiger partial charge in [-0.1, -0.05) is 24.3 Å². The predicted octanol–water partition coefficient (Wildman–Crippen LogP) is 6.08. The highest BCUT2D eigenvalue weighted by molar-refractivity contribution is 7.92. The second kappa shape index (κ2) is 10.9. The molecule has 2 aromatic carbocycles. The highest BCUT2D eigenvalue weighted by Crippen LogP contribution is 2.62. The Labute approximate surface area is 272 Å². The Kier molecular flexibility index (Phi) is 7.40. The zero-order valence-electron chi connectivity index (χ0n) is 26.5. The fraction of sp³-hybridized carbons (Fsp3) is 0.500. The number of aromatic nitrogens is 2. The van der Waals surface area contributed by atoms with Gasteiger partial charge >= 0.3 is 6.18 Å². The summed E-state index contributed by atoms with van der Waals surface area (Å²) in [5.74, 6) is -0.739. The number of anilines is 1. The van der Waals surface area contributed by atoms with Crippen molar-refractivity contribution in [2.24, 2.45) is 16.6 Å². The van der Waals surface area contributed by atoms with Crippen molar-refractivity contribution in [1.82, 2.24) is 14.9 Å². The summed E-state index contributed by atoms with van der Waals surface area (Å²) in [5, 5.41) is 0. The summed E-state index contributed by atoms with van der Waals surface area (Å²) < 4.78 is 79.5. The minimum absolute atomic E-state index is 0.0220. The van der Waals surface area contributed by atoms with Gasteiger partial charge in [0, 0.05) is 28.8 Å². The minimum atomic E-state index is -4.45. The van der Waals surface area contributed by atoms with Crippen molar-refractivity contribution in [3.63, 3.8) is 0 Å². The van der Waals surface area contributed by atoms with E-state index < -0.39 is 33.6 Å². The molecular weight excluding hydrogens is 631 g/mol. The van der Waals surface area contributed by atoms with Gasteiger partial charge in [0.2, 0.25) is 11.8 Å². The van der Waals surface area contributed by atoms with E-state index >= 15 is 0 Å². The maximum atomic E-state index is 14.5. The molecule has 3 saturated carbocycles. The number of hydrogen-bond acceptors (Lipinski definition) is 7. The monoisotopic (exact) mass is 669 g/mol. The number of sulfonamides is 1. The highest BCUT2D eigenvalue weighted by Gasteiger charge is 2.65. The summed E-state index contributed by atoms with van der Waals surface area (Å²) in [7, 11) is -4.28. The van der Waals surface area contributed by atoms with Gasteiger partial charge in [0.15, 0.2) is 0 Å². The number of alkyl halides is 3. The normalized spacial score (nSPS) is 27.7. The minimum Gasteiger partial charge on any atom is -0.475 e. The average molecular weight is 670 g/mol. The van der Waals surface area contributed by atoms with E-state index in [1.54, 1.807) is 11.8 Å². The predicted molar refractivity (Wildman–Crippen MR) is 169 cm³/mol. The molecule has 9 nitrogen and oxygen atoms in total. The number of amides is 1. The number of nitrogens with two attached hydrogens (primary N) is 1. The van der Waals surface area contributed by atoms with Crippen LogP contribution in [-0.2, 0) is 10.0 Å². The Bertz CT molecular complexity index is 1840. The molecule has 1 atom stereocenters. The molecule has 13 heteroatoms. The van der Waals surface area contributed by atoms with Crippen molar-refractivity contribution in [1.29, 1.82) is 0 Å². The van der Waals surface area contributed by atoms with Crippen molar-refractivity contribution in [3.05, 3.63) is 64.7 Å². The molecule has 3 N–H and O–H groups in total. The van der Waals surface area contributed by atoms with Crippen LogP contribution in [0, 0.1) is 31.6 Å². The number of nitrogens with zero attached hydrogens (tertiary/aromatic N) is 3. The van der Waals surface area contributed by atoms with Gasteiger partial charge in [0.25, 0.3) is 15.9 Å². The van der Waals surface area contributed by atoms with Crippen molar-refractivity contribution < 1.29 is 31.1 Å². The smallest absolute Gasteiger partial charge is 0.394 e. The van der Waals surface area contributed by atoms with Gasteiger partial charge < -0.3 is 15.4 Å². The Hall–Kier alpha value is -3.71. The summed E-state index contributed by atoms with van der Waals surface area (Å²) in [6, 6.07) is 10.1. The molecule has 4 bridgehead atoms. The third-order valence-electron chi connectivity index (χ3n) is 10.7. The molecule has 0 radical (unpaired) electrons. The first-order chi connectivity index (χ1) is 22.1. The molecule has 7 rings (SSSR count). The van der Waals surface area contributed by atoms with Gasteiger partial charge in [-0.15, -0.1) is 0 Å². The Morgan fingerprint density at radius 2 is 1.68 bits per heavy atom. The van der Waals surface area contributed by atoms with Crippen LogP contribution in [0.1, 0.15) is 72.0 Å². The number of carbonyl (C=O) groups excluding carboxylic acids is 1. The second-order valence-electron chi connectivity index (χ2n) is 14.1. The average Bonchev–Trinajstić information content (AvgIpc) is 3.76. The van der Waals surface area contributed by atoms with Crippen molar-refractivity contribution in [2.45, 2.75) is 94.9 Å². The van der Waals surface area contributed by atoms with E-state index in [1.807, 2.05) is 32.0 Å². The zero-order valence-corrected chi connectivity index (χ0v) is 27.3. The molecule has 1 aliphatic heterocycles. The molecule has 1 aromatic heterocycles. The van der Waals surface area contributed by atoms with Gasteiger partial charge in [0.1, 0.15) is 6.61 Å². The third-order valence-corrected chi connectivity index (χ3v) is 12.0. The number of carbonyl (C=O) groups is 1. The quantitative estimate of drug-likeness (QED) is 0.345. The maximum Gasteiger partial charge on any atom is 0.394 e. The largest absolute Gasteiger partial charge is 0.475 e. The summed E-state index contributed by atoms with van der Waals surface area (Å²) in [6.45, 7) is 5.30. The van der Waals surface area contributed by atoms with Crippen molar-refractivity contribution in [3.8, 4) is 17.1 Å². The van der Waals surface area contributed by atoms with Gasteiger partial charge in [-0.05, 0) is 100 Å². The molecule has 0 saturated heterocycles. The summed E-state index contributed by atoms with van der Waals surface area (Å²) >= 11 is 0. The molecule has 2 heterocycles. The van der Waals surface area contributed by atoms with E-state index in [-0.39, 0.29) is 65.7 Å².